The summed E-state index contributed by atoms with van der Waals surface area (Å²) in [6.45, 7) is 3.98. The predicted molar refractivity (Wildman–Crippen MR) is 98.0 cm³/mol. The smallest absolute Gasteiger partial charge is 0.329 e. The van der Waals surface area contributed by atoms with Crippen LogP contribution in [0, 0.1) is 5.92 Å². The van der Waals surface area contributed by atoms with Gasteiger partial charge < -0.3 is 10.0 Å². The van der Waals surface area contributed by atoms with Crippen molar-refractivity contribution in [1.82, 2.24) is 14.0 Å². The van der Waals surface area contributed by atoms with Gasteiger partial charge in [-0.1, -0.05) is 19.1 Å². The summed E-state index contributed by atoms with van der Waals surface area (Å²) in [6.07, 6.45) is 2.11. The van der Waals surface area contributed by atoms with Gasteiger partial charge in [0.1, 0.15) is 0 Å². The lowest BCUT2D eigenvalue weighted by Gasteiger charge is -2.30. The van der Waals surface area contributed by atoms with Crippen molar-refractivity contribution >= 4 is 22.9 Å². The SMILES string of the molecule is CCCn1c(=O)n(CCC(=O)N2CCC(C(=O)O)CC2)c2ccccc21. The van der Waals surface area contributed by atoms with Crippen LogP contribution in [-0.4, -0.2) is 44.1 Å². The Morgan fingerprint density at radius 3 is 2.19 bits per heavy atom. The first-order chi connectivity index (χ1) is 12.5. The summed E-state index contributed by atoms with van der Waals surface area (Å²) in [5, 5.41) is 9.05. The molecule has 3 rings (SSSR count). The molecule has 1 aliphatic heterocycles. The average Bonchev–Trinajstić information content (AvgIpc) is 2.92. The van der Waals surface area contributed by atoms with Gasteiger partial charge in [-0.2, -0.15) is 0 Å². The van der Waals surface area contributed by atoms with Gasteiger partial charge in [0.2, 0.25) is 5.91 Å². The van der Waals surface area contributed by atoms with Crippen LogP contribution in [0.1, 0.15) is 32.6 Å². The number of rotatable bonds is 6. The molecule has 1 saturated heterocycles. The first-order valence-corrected chi connectivity index (χ1v) is 9.21. The predicted octanol–water partition coefficient (Wildman–Crippen LogP) is 1.93. The summed E-state index contributed by atoms with van der Waals surface area (Å²) in [4.78, 5) is 37.9. The van der Waals surface area contributed by atoms with E-state index in [1.54, 1.807) is 14.0 Å². The molecule has 26 heavy (non-hydrogen) atoms. The van der Waals surface area contributed by atoms with Gasteiger partial charge in [-0.3, -0.25) is 18.7 Å². The number of aliphatic carboxylic acids is 1. The Bertz CT molecular complexity index is 859. The minimum absolute atomic E-state index is 0.0203. The van der Waals surface area contributed by atoms with E-state index in [1.807, 2.05) is 31.2 Å². The highest BCUT2D eigenvalue weighted by Gasteiger charge is 2.27. The van der Waals surface area contributed by atoms with E-state index in [0.717, 1.165) is 17.5 Å². The van der Waals surface area contributed by atoms with E-state index in [0.29, 0.717) is 39.0 Å². The number of aromatic nitrogens is 2. The van der Waals surface area contributed by atoms with Gasteiger partial charge in [-0.05, 0) is 31.4 Å². The zero-order valence-corrected chi connectivity index (χ0v) is 15.1. The third-order valence-electron chi connectivity index (χ3n) is 5.12. The molecule has 1 fully saturated rings. The molecule has 2 heterocycles. The molecule has 0 saturated carbocycles. The van der Waals surface area contributed by atoms with Crippen LogP contribution >= 0.6 is 0 Å². The fraction of sp³-hybridized carbons (Fsp3) is 0.526. The van der Waals surface area contributed by atoms with E-state index >= 15 is 0 Å². The van der Waals surface area contributed by atoms with Crippen molar-refractivity contribution in [1.29, 1.82) is 0 Å². The van der Waals surface area contributed by atoms with Crippen LogP contribution in [-0.2, 0) is 22.7 Å². The number of aryl methyl sites for hydroxylation is 2. The van der Waals surface area contributed by atoms with Gasteiger partial charge in [0.05, 0.1) is 17.0 Å². The Morgan fingerprint density at radius 1 is 1.08 bits per heavy atom. The maximum atomic E-state index is 12.7. The number of nitrogens with zero attached hydrogens (tertiary/aromatic N) is 3. The third-order valence-corrected chi connectivity index (χ3v) is 5.12. The number of piperidine rings is 1. The Hall–Kier alpha value is -2.57. The lowest BCUT2D eigenvalue weighted by molar-refractivity contribution is -0.145. The molecule has 0 atom stereocenters. The molecule has 7 heteroatoms. The summed E-state index contributed by atoms with van der Waals surface area (Å²) in [5.74, 6) is -1.16. The molecule has 0 unspecified atom stereocenters. The minimum Gasteiger partial charge on any atom is -0.481 e. The fourth-order valence-corrected chi connectivity index (χ4v) is 3.67. The fourth-order valence-electron chi connectivity index (χ4n) is 3.67. The standard InChI is InChI=1S/C19H25N3O4/c1-2-10-21-15-5-3-4-6-16(15)22(19(21)26)13-9-17(23)20-11-7-14(8-12-20)18(24)25/h3-6,14H,2,7-13H2,1H3,(H,24,25). The van der Waals surface area contributed by atoms with Crippen molar-refractivity contribution in [3.8, 4) is 0 Å². The highest BCUT2D eigenvalue weighted by atomic mass is 16.4. The maximum absolute atomic E-state index is 12.7. The number of hydrogen-bond acceptors (Lipinski definition) is 3. The van der Waals surface area contributed by atoms with Gasteiger partial charge in [-0.25, -0.2) is 4.79 Å². The molecule has 7 nitrogen and oxygen atoms in total. The Labute approximate surface area is 151 Å². The van der Waals surface area contributed by atoms with E-state index in [2.05, 4.69) is 0 Å². The molecule has 0 radical (unpaired) electrons. The monoisotopic (exact) mass is 359 g/mol. The van der Waals surface area contributed by atoms with Crippen molar-refractivity contribution in [3.05, 3.63) is 34.7 Å². The summed E-state index contributed by atoms with van der Waals surface area (Å²) >= 11 is 0. The number of carboxylic acids is 1. The Balaban J connectivity index is 1.70. The number of likely N-dealkylation sites (tertiary alicyclic amines) is 1. The average molecular weight is 359 g/mol. The summed E-state index contributed by atoms with van der Waals surface area (Å²) < 4.78 is 3.44. The number of para-hydroxylation sites is 2. The van der Waals surface area contributed by atoms with Crippen LogP contribution in [0.4, 0.5) is 0 Å². The number of carboxylic acid groups (broad SMARTS) is 1. The number of benzene rings is 1. The molecule has 2 aromatic rings. The zero-order valence-electron chi connectivity index (χ0n) is 15.1. The molecule has 0 bridgehead atoms. The molecule has 1 N–H and O–H groups in total. The summed E-state index contributed by atoms with van der Waals surface area (Å²) in [7, 11) is 0. The van der Waals surface area contributed by atoms with E-state index in [4.69, 9.17) is 5.11 Å². The van der Waals surface area contributed by atoms with Crippen molar-refractivity contribution in [2.45, 2.75) is 45.7 Å². The lowest BCUT2D eigenvalue weighted by atomic mass is 9.97. The summed E-state index contributed by atoms with van der Waals surface area (Å²) in [6, 6.07) is 7.65. The molecule has 1 aromatic heterocycles. The molecular weight excluding hydrogens is 334 g/mol. The van der Waals surface area contributed by atoms with E-state index in [1.165, 1.54) is 0 Å². The van der Waals surface area contributed by atoms with Crippen molar-refractivity contribution in [2.75, 3.05) is 13.1 Å². The topological polar surface area (TPSA) is 84.5 Å². The van der Waals surface area contributed by atoms with E-state index < -0.39 is 5.97 Å². The number of carbonyl (C=O) groups excluding carboxylic acids is 1. The van der Waals surface area contributed by atoms with Crippen LogP contribution in [0.5, 0.6) is 0 Å². The first kappa shape index (κ1) is 18.2. The van der Waals surface area contributed by atoms with Gasteiger partial charge in [0.25, 0.3) is 0 Å². The molecular formula is C19H25N3O4. The number of hydrogen-bond donors (Lipinski definition) is 1. The van der Waals surface area contributed by atoms with Gasteiger partial charge >= 0.3 is 11.7 Å². The van der Waals surface area contributed by atoms with Crippen molar-refractivity contribution in [2.24, 2.45) is 5.92 Å². The van der Waals surface area contributed by atoms with Crippen LogP contribution in [0.25, 0.3) is 11.0 Å². The van der Waals surface area contributed by atoms with Crippen LogP contribution < -0.4 is 5.69 Å². The highest BCUT2D eigenvalue weighted by molar-refractivity contribution is 5.78. The molecule has 140 valence electrons. The van der Waals surface area contributed by atoms with Gasteiger partial charge in [0.15, 0.2) is 0 Å². The van der Waals surface area contributed by atoms with Crippen LogP contribution in [0.3, 0.4) is 0 Å². The molecule has 1 aromatic carbocycles. The number of fused-ring (bicyclic) bond motifs is 1. The largest absolute Gasteiger partial charge is 0.481 e. The zero-order chi connectivity index (χ0) is 18.7. The van der Waals surface area contributed by atoms with Crippen molar-refractivity contribution < 1.29 is 14.7 Å². The second-order valence-electron chi connectivity index (χ2n) is 6.82. The second kappa shape index (κ2) is 7.76. The minimum atomic E-state index is -0.785. The lowest BCUT2D eigenvalue weighted by Crippen LogP contribution is -2.40. The first-order valence-electron chi connectivity index (χ1n) is 9.21. The van der Waals surface area contributed by atoms with Gasteiger partial charge in [-0.15, -0.1) is 0 Å². The summed E-state index contributed by atoms with van der Waals surface area (Å²) in [5.41, 5.74) is 1.67. The third kappa shape index (κ3) is 3.52. The van der Waals surface area contributed by atoms with Crippen molar-refractivity contribution in [3.63, 3.8) is 0 Å². The highest BCUT2D eigenvalue weighted by Crippen LogP contribution is 2.18. The number of amides is 1. The number of imidazole rings is 1. The molecule has 0 aliphatic carbocycles. The van der Waals surface area contributed by atoms with Crippen LogP contribution in [0.15, 0.2) is 29.1 Å². The normalized spacial score (nSPS) is 15.5. The second-order valence-corrected chi connectivity index (χ2v) is 6.82. The maximum Gasteiger partial charge on any atom is 0.329 e. The Morgan fingerprint density at radius 2 is 1.65 bits per heavy atom. The Kier molecular flexibility index (Phi) is 5.44. The van der Waals surface area contributed by atoms with E-state index in [-0.39, 0.29) is 23.9 Å². The number of carbonyl (C=O) groups is 2. The van der Waals surface area contributed by atoms with Crippen LogP contribution in [0.2, 0.25) is 0 Å². The molecule has 1 amide bonds. The van der Waals surface area contributed by atoms with E-state index in [9.17, 15) is 14.4 Å². The van der Waals surface area contributed by atoms with Gasteiger partial charge in [0, 0.05) is 32.6 Å². The quantitative estimate of drug-likeness (QED) is 0.854. The molecule has 0 spiro atoms. The molecule has 1 aliphatic rings.